The molecule has 0 amide bonds. The van der Waals surface area contributed by atoms with Crippen molar-refractivity contribution in [3.05, 3.63) is 83.6 Å². The molecule has 33 heavy (non-hydrogen) atoms. The van der Waals surface area contributed by atoms with Crippen LogP contribution in [0.15, 0.2) is 61.1 Å². The highest BCUT2D eigenvalue weighted by atomic mass is 19.1. The minimum atomic E-state index is -0.438. The number of hydrogen-bond acceptors (Lipinski definition) is 7. The summed E-state index contributed by atoms with van der Waals surface area (Å²) in [6, 6.07) is 11.0. The zero-order valence-electron chi connectivity index (χ0n) is 18.6. The molecular formula is C25H26FN5O2. The topological polar surface area (TPSA) is 79.4 Å². The molecule has 0 aliphatic carbocycles. The molecule has 0 spiro atoms. The molecule has 0 radical (unpaired) electrons. The van der Waals surface area contributed by atoms with Gasteiger partial charge in [0.05, 0.1) is 12.8 Å². The molecule has 0 unspecified atom stereocenters. The SMILES string of the molecule is CCC(=O)c1cc(CCc2cnc(Nc3ccc(N4C=CCN4)cc3)nc2)c(F)c(OC)c1. The second-order valence-corrected chi connectivity index (χ2v) is 7.63. The molecule has 1 aliphatic rings. The van der Waals surface area contributed by atoms with Gasteiger partial charge in [-0.2, -0.15) is 0 Å². The Bertz CT molecular complexity index is 1150. The Morgan fingerprint density at radius 3 is 2.58 bits per heavy atom. The monoisotopic (exact) mass is 447 g/mol. The van der Waals surface area contributed by atoms with Gasteiger partial charge in [0.15, 0.2) is 17.3 Å². The summed E-state index contributed by atoms with van der Waals surface area (Å²) in [4.78, 5) is 20.8. The Hall–Kier alpha value is -3.78. The maximum Gasteiger partial charge on any atom is 0.227 e. The number of ether oxygens (including phenoxy) is 1. The van der Waals surface area contributed by atoms with Gasteiger partial charge in [0.1, 0.15) is 0 Å². The van der Waals surface area contributed by atoms with Crippen LogP contribution in [0.1, 0.15) is 34.8 Å². The van der Waals surface area contributed by atoms with Crippen molar-refractivity contribution in [3.63, 3.8) is 0 Å². The molecule has 0 saturated heterocycles. The minimum absolute atomic E-state index is 0.0468. The fraction of sp³-hybridized carbons (Fsp3) is 0.240. The highest BCUT2D eigenvalue weighted by Crippen LogP contribution is 2.25. The van der Waals surface area contributed by atoms with E-state index in [1.165, 1.54) is 13.2 Å². The average molecular weight is 448 g/mol. The summed E-state index contributed by atoms with van der Waals surface area (Å²) in [5, 5.41) is 5.14. The van der Waals surface area contributed by atoms with E-state index < -0.39 is 5.82 Å². The number of carbonyl (C=O) groups is 1. The second kappa shape index (κ2) is 10.2. The third-order valence-corrected chi connectivity index (χ3v) is 5.40. The van der Waals surface area contributed by atoms with Gasteiger partial charge in [-0.15, -0.1) is 0 Å². The first kappa shape index (κ1) is 22.4. The fourth-order valence-corrected chi connectivity index (χ4v) is 3.55. The number of ketones is 1. The molecular weight excluding hydrogens is 421 g/mol. The molecule has 4 rings (SSSR count). The third kappa shape index (κ3) is 5.35. The summed E-state index contributed by atoms with van der Waals surface area (Å²) in [5.74, 6) is 0.0821. The van der Waals surface area contributed by atoms with Gasteiger partial charge in [0.25, 0.3) is 0 Å². The van der Waals surface area contributed by atoms with E-state index in [4.69, 9.17) is 4.74 Å². The number of aryl methyl sites for hydroxylation is 2. The van der Waals surface area contributed by atoms with Gasteiger partial charge in [-0.1, -0.05) is 13.0 Å². The molecule has 170 valence electrons. The molecule has 8 heteroatoms. The van der Waals surface area contributed by atoms with Crippen LogP contribution in [0.5, 0.6) is 5.75 Å². The summed E-state index contributed by atoms with van der Waals surface area (Å²) in [6.45, 7) is 2.60. The van der Waals surface area contributed by atoms with Crippen molar-refractivity contribution in [1.82, 2.24) is 15.4 Å². The van der Waals surface area contributed by atoms with E-state index in [0.717, 1.165) is 23.5 Å². The van der Waals surface area contributed by atoms with E-state index >= 15 is 0 Å². The smallest absolute Gasteiger partial charge is 0.227 e. The lowest BCUT2D eigenvalue weighted by Crippen LogP contribution is -2.27. The van der Waals surface area contributed by atoms with Gasteiger partial charge >= 0.3 is 0 Å². The van der Waals surface area contributed by atoms with E-state index in [1.807, 2.05) is 41.6 Å². The molecule has 0 bridgehead atoms. The number of aromatic nitrogens is 2. The lowest BCUT2D eigenvalue weighted by molar-refractivity contribution is 0.0987. The highest BCUT2D eigenvalue weighted by molar-refractivity contribution is 5.96. The van der Waals surface area contributed by atoms with E-state index in [9.17, 15) is 9.18 Å². The van der Waals surface area contributed by atoms with Crippen LogP contribution in [0.25, 0.3) is 0 Å². The van der Waals surface area contributed by atoms with E-state index in [1.54, 1.807) is 25.4 Å². The summed E-state index contributed by atoms with van der Waals surface area (Å²) in [6.07, 6.45) is 8.78. The van der Waals surface area contributed by atoms with Crippen LogP contribution in [-0.2, 0) is 12.8 Å². The molecule has 0 saturated carbocycles. The predicted octanol–water partition coefficient (Wildman–Crippen LogP) is 4.58. The summed E-state index contributed by atoms with van der Waals surface area (Å²) < 4.78 is 19.8. The van der Waals surface area contributed by atoms with Crippen LogP contribution in [0, 0.1) is 5.82 Å². The van der Waals surface area contributed by atoms with Crippen molar-refractivity contribution in [2.45, 2.75) is 26.2 Å². The van der Waals surface area contributed by atoms with Crippen molar-refractivity contribution in [3.8, 4) is 5.75 Å². The maximum absolute atomic E-state index is 14.7. The van der Waals surface area contributed by atoms with Crippen LogP contribution in [0.3, 0.4) is 0 Å². The molecule has 2 heterocycles. The number of hydrogen-bond donors (Lipinski definition) is 2. The number of hydrazine groups is 1. The van der Waals surface area contributed by atoms with Crippen LogP contribution < -0.4 is 20.5 Å². The lowest BCUT2D eigenvalue weighted by Gasteiger charge is -2.16. The lowest BCUT2D eigenvalue weighted by atomic mass is 10.00. The van der Waals surface area contributed by atoms with Crippen LogP contribution in [0.4, 0.5) is 21.7 Å². The van der Waals surface area contributed by atoms with E-state index in [-0.39, 0.29) is 11.5 Å². The van der Waals surface area contributed by atoms with Crippen LogP contribution >= 0.6 is 0 Å². The normalized spacial score (nSPS) is 12.8. The first-order chi connectivity index (χ1) is 16.1. The largest absolute Gasteiger partial charge is 0.494 e. The molecule has 1 aromatic heterocycles. The minimum Gasteiger partial charge on any atom is -0.494 e. The summed E-state index contributed by atoms with van der Waals surface area (Å²) >= 11 is 0. The Morgan fingerprint density at radius 1 is 1.18 bits per heavy atom. The van der Waals surface area contributed by atoms with E-state index in [0.29, 0.717) is 36.3 Å². The average Bonchev–Trinajstić information content (AvgIpc) is 3.39. The first-order valence-corrected chi connectivity index (χ1v) is 10.8. The zero-order chi connectivity index (χ0) is 23.2. The molecule has 0 atom stereocenters. The summed E-state index contributed by atoms with van der Waals surface area (Å²) in [5.41, 5.74) is 6.91. The highest BCUT2D eigenvalue weighted by Gasteiger charge is 2.15. The number of carbonyl (C=O) groups excluding carboxylic acids is 1. The number of nitrogens with one attached hydrogen (secondary N) is 2. The van der Waals surface area contributed by atoms with Gasteiger partial charge in [-0.25, -0.2) is 19.8 Å². The number of Topliss-reactive ketones (excluding diaryl/α,β-unsaturated/α-hetero) is 1. The third-order valence-electron chi connectivity index (χ3n) is 5.40. The molecule has 1 aliphatic heterocycles. The quantitative estimate of drug-likeness (QED) is 0.465. The van der Waals surface area contributed by atoms with Crippen LogP contribution in [-0.4, -0.2) is 29.4 Å². The Kier molecular flexibility index (Phi) is 6.95. The van der Waals surface area contributed by atoms with E-state index in [2.05, 4.69) is 20.7 Å². The van der Waals surface area contributed by atoms with Gasteiger partial charge in [-0.05, 0) is 60.4 Å². The van der Waals surface area contributed by atoms with Crippen LogP contribution in [0.2, 0.25) is 0 Å². The fourth-order valence-electron chi connectivity index (χ4n) is 3.55. The molecule has 7 nitrogen and oxygen atoms in total. The standard InChI is InChI=1S/C25H26FN5O2/c1-3-22(32)19-13-18(24(26)23(14-19)33-2)6-5-17-15-27-25(28-16-17)30-20-7-9-21(10-8-20)31-12-4-11-29-31/h4,7-10,12-16,29H,3,5-6,11H2,1-2H3,(H,27,28,30). The number of benzene rings is 2. The zero-order valence-corrected chi connectivity index (χ0v) is 18.6. The first-order valence-electron chi connectivity index (χ1n) is 10.8. The molecule has 2 N–H and O–H groups in total. The number of rotatable bonds is 9. The number of methoxy groups -OCH3 is 1. The van der Waals surface area contributed by atoms with Gasteiger partial charge in [0, 0.05) is 42.8 Å². The number of nitrogens with zero attached hydrogens (tertiary/aromatic N) is 3. The Labute approximate surface area is 192 Å². The van der Waals surface area contributed by atoms with Crippen molar-refractivity contribution >= 4 is 23.1 Å². The van der Waals surface area contributed by atoms with Crippen molar-refractivity contribution in [1.29, 1.82) is 0 Å². The van der Waals surface area contributed by atoms with Crippen molar-refractivity contribution in [2.75, 3.05) is 24.0 Å². The number of anilines is 3. The molecule has 2 aromatic carbocycles. The Balaban J connectivity index is 1.39. The van der Waals surface area contributed by atoms with Crippen molar-refractivity contribution in [2.24, 2.45) is 0 Å². The molecule has 3 aromatic rings. The van der Waals surface area contributed by atoms with Gasteiger partial charge in [0.2, 0.25) is 5.95 Å². The number of halogens is 1. The van der Waals surface area contributed by atoms with Gasteiger partial charge in [-0.3, -0.25) is 9.80 Å². The van der Waals surface area contributed by atoms with Gasteiger partial charge < -0.3 is 10.1 Å². The van der Waals surface area contributed by atoms with Crippen molar-refractivity contribution < 1.29 is 13.9 Å². The maximum atomic E-state index is 14.7. The Morgan fingerprint density at radius 2 is 1.94 bits per heavy atom. The molecule has 0 fully saturated rings. The predicted molar refractivity (Wildman–Crippen MR) is 126 cm³/mol. The second-order valence-electron chi connectivity index (χ2n) is 7.63. The summed E-state index contributed by atoms with van der Waals surface area (Å²) in [7, 11) is 1.40.